The first-order valence-electron chi connectivity index (χ1n) is 17.5. The molecular weight excluding hydrogens is 540 g/mol. The van der Waals surface area contributed by atoms with Crippen LogP contribution in [0.3, 0.4) is 0 Å². The summed E-state index contributed by atoms with van der Waals surface area (Å²) in [6.07, 6.45) is 19.7. The first-order chi connectivity index (χ1) is 20.2. The number of carbonyl (C=O) groups is 4. The van der Waals surface area contributed by atoms with Gasteiger partial charge in [0.1, 0.15) is 11.8 Å². The maximum absolute atomic E-state index is 12.9. The van der Waals surface area contributed by atoms with Gasteiger partial charge in [0.2, 0.25) is 11.8 Å². The number of carboxylic acids is 1. The maximum Gasteiger partial charge on any atom is 0.326 e. The standard InChI is InChI=1S/C36H68N2O5/c1-8-9-10-11-12-13-14-15-16-17-18-19-20-24-32(40)38-30(34(42)43)25-26-31(39)37-27-22-21-23-29(28-35(2,3)4)33(41)36(5,6)7/h29-30H,8-28H2,1-7H3,(H,37,39)(H,38,40)(H,42,43)/t29-,30+/m1/s1. The van der Waals surface area contributed by atoms with E-state index in [1.807, 2.05) is 20.8 Å². The van der Waals surface area contributed by atoms with E-state index in [1.165, 1.54) is 64.2 Å². The molecule has 0 aliphatic carbocycles. The SMILES string of the molecule is CCCCCCCCCCCCCCCC(=O)N[C@@H](CCC(=O)NCCCC[C@H](CC(C)(C)C)C(=O)C(C)(C)C)C(=O)O. The Labute approximate surface area is 264 Å². The van der Waals surface area contributed by atoms with Crippen LogP contribution in [-0.2, 0) is 19.2 Å². The molecule has 0 heterocycles. The number of hydrogen-bond donors (Lipinski definition) is 3. The zero-order valence-electron chi connectivity index (χ0n) is 29.1. The molecule has 7 heteroatoms. The summed E-state index contributed by atoms with van der Waals surface area (Å²) in [6, 6.07) is -1.05. The predicted octanol–water partition coefficient (Wildman–Crippen LogP) is 8.77. The van der Waals surface area contributed by atoms with Gasteiger partial charge in [0.05, 0.1) is 0 Å². The summed E-state index contributed by atoms with van der Waals surface area (Å²) in [5.74, 6) is -1.28. The molecule has 0 aliphatic heterocycles. The minimum atomic E-state index is -1.11. The molecule has 3 N–H and O–H groups in total. The second-order valence-corrected chi connectivity index (χ2v) is 14.9. The Morgan fingerprint density at radius 1 is 0.628 bits per heavy atom. The second-order valence-electron chi connectivity index (χ2n) is 14.9. The lowest BCUT2D eigenvalue weighted by Crippen LogP contribution is -2.41. The number of Topliss-reactive ketones (excluding diaryl/α,β-unsaturated/α-hetero) is 1. The molecule has 43 heavy (non-hydrogen) atoms. The van der Waals surface area contributed by atoms with Gasteiger partial charge in [-0.3, -0.25) is 14.4 Å². The highest BCUT2D eigenvalue weighted by molar-refractivity contribution is 5.86. The third-order valence-electron chi connectivity index (χ3n) is 8.07. The van der Waals surface area contributed by atoms with Gasteiger partial charge in [-0.15, -0.1) is 0 Å². The molecule has 2 amide bonds. The van der Waals surface area contributed by atoms with E-state index in [9.17, 15) is 24.3 Å². The molecule has 0 rings (SSSR count). The van der Waals surface area contributed by atoms with Gasteiger partial charge < -0.3 is 15.7 Å². The molecule has 0 saturated carbocycles. The molecule has 0 aromatic carbocycles. The summed E-state index contributed by atoms with van der Waals surface area (Å²) in [4.78, 5) is 49.2. The number of rotatable bonds is 26. The number of nitrogens with one attached hydrogen (secondary N) is 2. The number of carbonyl (C=O) groups excluding carboxylic acids is 3. The Bertz CT molecular complexity index is 781. The van der Waals surface area contributed by atoms with Crippen molar-refractivity contribution in [3.05, 3.63) is 0 Å². The van der Waals surface area contributed by atoms with E-state index in [-0.39, 0.29) is 41.4 Å². The van der Waals surface area contributed by atoms with E-state index in [0.29, 0.717) is 18.7 Å². The van der Waals surface area contributed by atoms with Crippen molar-refractivity contribution < 1.29 is 24.3 Å². The van der Waals surface area contributed by atoms with Crippen molar-refractivity contribution in [1.82, 2.24) is 10.6 Å². The zero-order valence-corrected chi connectivity index (χ0v) is 29.1. The molecule has 0 aromatic rings. The van der Waals surface area contributed by atoms with E-state index in [4.69, 9.17) is 0 Å². The Kier molecular flexibility index (Phi) is 22.4. The molecule has 0 spiro atoms. The maximum atomic E-state index is 12.9. The molecular formula is C36H68N2O5. The number of ketones is 1. The molecule has 2 atom stereocenters. The van der Waals surface area contributed by atoms with Crippen LogP contribution in [-0.4, -0.2) is 41.3 Å². The predicted molar refractivity (Wildman–Crippen MR) is 178 cm³/mol. The van der Waals surface area contributed by atoms with E-state index >= 15 is 0 Å². The number of amides is 2. The summed E-state index contributed by atoms with van der Waals surface area (Å²) in [5, 5.41) is 15.0. The monoisotopic (exact) mass is 609 g/mol. The van der Waals surface area contributed by atoms with E-state index < -0.39 is 12.0 Å². The molecule has 7 nitrogen and oxygen atoms in total. The Morgan fingerprint density at radius 2 is 1.14 bits per heavy atom. The quantitative estimate of drug-likeness (QED) is 0.0850. The van der Waals surface area contributed by atoms with Crippen molar-refractivity contribution in [2.24, 2.45) is 16.7 Å². The summed E-state index contributed by atoms with van der Waals surface area (Å²) in [6.45, 7) is 15.1. The Balaban J connectivity index is 4.10. The van der Waals surface area contributed by atoms with Gasteiger partial charge in [0.25, 0.3) is 0 Å². The van der Waals surface area contributed by atoms with Crippen LogP contribution < -0.4 is 10.6 Å². The Morgan fingerprint density at radius 3 is 1.60 bits per heavy atom. The molecule has 0 fully saturated rings. The third-order valence-corrected chi connectivity index (χ3v) is 8.07. The van der Waals surface area contributed by atoms with E-state index in [1.54, 1.807) is 0 Å². The van der Waals surface area contributed by atoms with Gasteiger partial charge >= 0.3 is 5.97 Å². The van der Waals surface area contributed by atoms with Crippen molar-refractivity contribution in [3.8, 4) is 0 Å². The van der Waals surface area contributed by atoms with E-state index in [2.05, 4.69) is 38.3 Å². The second kappa shape index (κ2) is 23.5. The number of aliphatic carboxylic acids is 1. The normalized spacial score (nSPS) is 13.4. The molecule has 0 saturated heterocycles. The van der Waals surface area contributed by atoms with Gasteiger partial charge in [-0.25, -0.2) is 4.79 Å². The number of hydrogen-bond acceptors (Lipinski definition) is 4. The largest absolute Gasteiger partial charge is 0.480 e. The Hall–Kier alpha value is -1.92. The fourth-order valence-electron chi connectivity index (χ4n) is 5.61. The molecule has 252 valence electrons. The van der Waals surface area contributed by atoms with Crippen LogP contribution in [0.1, 0.15) is 177 Å². The summed E-state index contributed by atoms with van der Waals surface area (Å²) in [7, 11) is 0. The van der Waals surface area contributed by atoms with Gasteiger partial charge in [-0.2, -0.15) is 0 Å². The topological polar surface area (TPSA) is 113 Å². The van der Waals surface area contributed by atoms with Crippen LogP contribution >= 0.6 is 0 Å². The van der Waals surface area contributed by atoms with Gasteiger partial charge in [0, 0.05) is 30.7 Å². The highest BCUT2D eigenvalue weighted by Gasteiger charge is 2.32. The first-order valence-corrected chi connectivity index (χ1v) is 17.5. The molecule has 0 aliphatic rings. The summed E-state index contributed by atoms with van der Waals surface area (Å²) in [5.41, 5.74) is -0.297. The van der Waals surface area contributed by atoms with Crippen LogP contribution in [0.4, 0.5) is 0 Å². The lowest BCUT2D eigenvalue weighted by atomic mass is 9.74. The van der Waals surface area contributed by atoms with E-state index in [0.717, 1.165) is 44.9 Å². The van der Waals surface area contributed by atoms with Gasteiger partial charge in [0.15, 0.2) is 0 Å². The highest BCUT2D eigenvalue weighted by atomic mass is 16.4. The third kappa shape index (κ3) is 24.1. The molecule has 0 radical (unpaired) electrons. The number of carboxylic acid groups (broad SMARTS) is 1. The molecule has 0 unspecified atom stereocenters. The van der Waals surface area contributed by atoms with Gasteiger partial charge in [-0.1, -0.05) is 132 Å². The van der Waals surface area contributed by atoms with Crippen molar-refractivity contribution in [2.75, 3.05) is 6.54 Å². The van der Waals surface area contributed by atoms with Crippen LogP contribution in [0.5, 0.6) is 0 Å². The molecule has 0 aromatic heterocycles. The zero-order chi connectivity index (χ0) is 32.7. The minimum Gasteiger partial charge on any atom is -0.480 e. The van der Waals surface area contributed by atoms with Crippen LogP contribution in [0.15, 0.2) is 0 Å². The average molecular weight is 609 g/mol. The molecule has 0 bridgehead atoms. The highest BCUT2D eigenvalue weighted by Crippen LogP contribution is 2.33. The van der Waals surface area contributed by atoms with Gasteiger partial charge in [-0.05, 0) is 37.5 Å². The summed E-state index contributed by atoms with van der Waals surface area (Å²) < 4.78 is 0. The fraction of sp³-hybridized carbons (Fsp3) is 0.889. The fourth-order valence-corrected chi connectivity index (χ4v) is 5.61. The van der Waals surface area contributed by atoms with Crippen molar-refractivity contribution in [2.45, 2.75) is 183 Å². The number of unbranched alkanes of at least 4 members (excludes halogenated alkanes) is 13. The lowest BCUT2D eigenvalue weighted by molar-refractivity contribution is -0.142. The van der Waals surface area contributed by atoms with Crippen LogP contribution in [0.2, 0.25) is 0 Å². The first kappa shape index (κ1) is 41.1. The van der Waals surface area contributed by atoms with Crippen molar-refractivity contribution in [3.63, 3.8) is 0 Å². The minimum absolute atomic E-state index is 0.00959. The smallest absolute Gasteiger partial charge is 0.326 e. The summed E-state index contributed by atoms with van der Waals surface area (Å²) >= 11 is 0. The van der Waals surface area contributed by atoms with Crippen molar-refractivity contribution in [1.29, 1.82) is 0 Å². The van der Waals surface area contributed by atoms with Crippen LogP contribution in [0, 0.1) is 16.7 Å². The lowest BCUT2D eigenvalue weighted by Gasteiger charge is -2.30. The average Bonchev–Trinajstić information content (AvgIpc) is 2.90. The van der Waals surface area contributed by atoms with Crippen LogP contribution in [0.25, 0.3) is 0 Å². The van der Waals surface area contributed by atoms with Crippen molar-refractivity contribution >= 4 is 23.6 Å².